The van der Waals surface area contributed by atoms with Crippen LogP contribution >= 0.6 is 0 Å². The third-order valence-corrected chi connectivity index (χ3v) is 3.64. The molecule has 2 rings (SSSR count). The summed E-state index contributed by atoms with van der Waals surface area (Å²) in [6, 6.07) is 4.97. The maximum atomic E-state index is 12.9. The summed E-state index contributed by atoms with van der Waals surface area (Å²) in [6.07, 6.45) is 1.37. The highest BCUT2D eigenvalue weighted by Crippen LogP contribution is 2.21. The molecule has 21 heavy (non-hydrogen) atoms. The van der Waals surface area contributed by atoms with Crippen molar-refractivity contribution in [2.45, 2.75) is 38.8 Å². The quantitative estimate of drug-likeness (QED) is 0.892. The van der Waals surface area contributed by atoms with Gasteiger partial charge in [-0.3, -0.25) is 4.79 Å². The molecule has 3 amide bonds. The van der Waals surface area contributed by atoms with Crippen molar-refractivity contribution in [3.8, 4) is 0 Å². The monoisotopic (exact) mass is 293 g/mol. The van der Waals surface area contributed by atoms with Gasteiger partial charge in [0.05, 0.1) is 0 Å². The van der Waals surface area contributed by atoms with Gasteiger partial charge in [0.15, 0.2) is 0 Å². The van der Waals surface area contributed by atoms with Crippen molar-refractivity contribution in [2.24, 2.45) is 0 Å². The number of carbonyl (C=O) groups is 2. The van der Waals surface area contributed by atoms with Gasteiger partial charge < -0.3 is 15.5 Å². The van der Waals surface area contributed by atoms with Crippen LogP contribution in [0, 0.1) is 5.82 Å². The zero-order chi connectivity index (χ0) is 15.4. The van der Waals surface area contributed by atoms with E-state index >= 15 is 0 Å². The number of carbonyl (C=O) groups excluding carboxylic acids is 2. The van der Waals surface area contributed by atoms with Gasteiger partial charge in [0.1, 0.15) is 11.9 Å². The van der Waals surface area contributed by atoms with Gasteiger partial charge >= 0.3 is 6.03 Å². The van der Waals surface area contributed by atoms with Crippen LogP contribution in [-0.4, -0.2) is 30.6 Å². The van der Waals surface area contributed by atoms with Gasteiger partial charge in [-0.15, -0.1) is 0 Å². The summed E-state index contributed by atoms with van der Waals surface area (Å²) >= 11 is 0. The van der Waals surface area contributed by atoms with E-state index in [9.17, 15) is 14.0 Å². The number of rotatable bonds is 4. The van der Waals surface area contributed by atoms with E-state index in [1.807, 2.05) is 13.8 Å². The average molecular weight is 293 g/mol. The highest BCUT2D eigenvalue weighted by atomic mass is 19.1. The van der Waals surface area contributed by atoms with Crippen LogP contribution in [0.1, 0.15) is 26.7 Å². The normalized spacial score (nSPS) is 19.5. The molecule has 1 aromatic carbocycles. The molecule has 1 aliphatic heterocycles. The van der Waals surface area contributed by atoms with Crippen molar-refractivity contribution < 1.29 is 14.0 Å². The maximum absolute atomic E-state index is 12.9. The van der Waals surface area contributed by atoms with Crippen LogP contribution in [0.5, 0.6) is 0 Å². The molecule has 0 radical (unpaired) electrons. The molecule has 1 aromatic rings. The summed E-state index contributed by atoms with van der Waals surface area (Å²) in [6.45, 7) is 4.39. The van der Waals surface area contributed by atoms with Gasteiger partial charge in [-0.2, -0.15) is 0 Å². The number of benzene rings is 1. The van der Waals surface area contributed by atoms with Crippen LogP contribution < -0.4 is 15.5 Å². The van der Waals surface area contributed by atoms with Crippen molar-refractivity contribution in [3.63, 3.8) is 0 Å². The molecule has 0 aliphatic carbocycles. The Bertz CT molecular complexity index is 518. The molecule has 0 unspecified atom stereocenters. The maximum Gasteiger partial charge on any atom is 0.315 e. The topological polar surface area (TPSA) is 61.4 Å². The number of urea groups is 1. The van der Waals surface area contributed by atoms with Crippen LogP contribution in [0.25, 0.3) is 0 Å². The molecule has 0 bridgehead atoms. The average Bonchev–Trinajstić information content (AvgIpc) is 2.81. The Balaban J connectivity index is 1.95. The molecule has 1 heterocycles. The number of amides is 3. The second-order valence-electron chi connectivity index (χ2n) is 5.23. The molecule has 1 fully saturated rings. The lowest BCUT2D eigenvalue weighted by Crippen LogP contribution is -2.48. The van der Waals surface area contributed by atoms with Gasteiger partial charge in [-0.25, -0.2) is 9.18 Å². The molecule has 0 spiro atoms. The Kier molecular flexibility index (Phi) is 4.77. The zero-order valence-corrected chi connectivity index (χ0v) is 12.2. The fourth-order valence-electron chi connectivity index (χ4n) is 2.22. The summed E-state index contributed by atoms with van der Waals surface area (Å²) in [4.78, 5) is 25.6. The van der Waals surface area contributed by atoms with Gasteiger partial charge in [0.25, 0.3) is 0 Å². The largest absolute Gasteiger partial charge is 0.336 e. The van der Waals surface area contributed by atoms with Crippen molar-refractivity contribution in [2.75, 3.05) is 11.4 Å². The Morgan fingerprint density at radius 1 is 1.43 bits per heavy atom. The molecule has 0 saturated carbocycles. The summed E-state index contributed by atoms with van der Waals surface area (Å²) in [5, 5.41) is 5.46. The minimum absolute atomic E-state index is 0.0645. The van der Waals surface area contributed by atoms with Gasteiger partial charge in [-0.05, 0) is 44.0 Å². The molecule has 1 aliphatic rings. The molecule has 2 atom stereocenters. The van der Waals surface area contributed by atoms with Crippen LogP contribution in [0.15, 0.2) is 24.3 Å². The molecule has 0 aromatic heterocycles. The number of nitrogens with zero attached hydrogens (tertiary/aromatic N) is 1. The van der Waals surface area contributed by atoms with E-state index in [0.717, 1.165) is 6.42 Å². The van der Waals surface area contributed by atoms with Gasteiger partial charge in [0, 0.05) is 18.3 Å². The van der Waals surface area contributed by atoms with Crippen LogP contribution in [0.3, 0.4) is 0 Å². The number of anilines is 1. The van der Waals surface area contributed by atoms with E-state index in [1.165, 1.54) is 12.1 Å². The van der Waals surface area contributed by atoms with Crippen molar-refractivity contribution in [1.82, 2.24) is 10.6 Å². The Morgan fingerprint density at radius 2 is 2.10 bits per heavy atom. The third kappa shape index (κ3) is 3.71. The van der Waals surface area contributed by atoms with Crippen LogP contribution in [-0.2, 0) is 4.79 Å². The first-order valence-corrected chi connectivity index (χ1v) is 7.15. The molecular weight excluding hydrogens is 273 g/mol. The lowest BCUT2D eigenvalue weighted by atomic mass is 10.2. The van der Waals surface area contributed by atoms with E-state index < -0.39 is 6.04 Å². The van der Waals surface area contributed by atoms with E-state index in [2.05, 4.69) is 10.6 Å². The van der Waals surface area contributed by atoms with Crippen molar-refractivity contribution in [1.29, 1.82) is 0 Å². The highest BCUT2D eigenvalue weighted by Gasteiger charge is 2.33. The van der Waals surface area contributed by atoms with Crippen molar-refractivity contribution in [3.05, 3.63) is 30.1 Å². The van der Waals surface area contributed by atoms with Crippen LogP contribution in [0.4, 0.5) is 14.9 Å². The van der Waals surface area contributed by atoms with Crippen molar-refractivity contribution >= 4 is 17.6 Å². The zero-order valence-electron chi connectivity index (χ0n) is 12.2. The summed E-state index contributed by atoms with van der Waals surface area (Å²) in [5.74, 6) is -0.506. The minimum Gasteiger partial charge on any atom is -0.336 e. The lowest BCUT2D eigenvalue weighted by molar-refractivity contribution is -0.118. The second kappa shape index (κ2) is 6.56. The van der Waals surface area contributed by atoms with E-state index in [1.54, 1.807) is 17.0 Å². The predicted molar refractivity (Wildman–Crippen MR) is 78.6 cm³/mol. The van der Waals surface area contributed by atoms with Crippen LogP contribution in [0.2, 0.25) is 0 Å². The summed E-state index contributed by atoms with van der Waals surface area (Å²) < 4.78 is 12.9. The lowest BCUT2D eigenvalue weighted by Gasteiger charge is -2.18. The molecule has 1 saturated heterocycles. The smallest absolute Gasteiger partial charge is 0.315 e. The number of hydrogen-bond acceptors (Lipinski definition) is 2. The fourth-order valence-corrected chi connectivity index (χ4v) is 2.22. The minimum atomic E-state index is -0.529. The van der Waals surface area contributed by atoms with E-state index in [4.69, 9.17) is 0 Å². The Labute approximate surface area is 123 Å². The second-order valence-corrected chi connectivity index (χ2v) is 5.23. The summed E-state index contributed by atoms with van der Waals surface area (Å²) in [7, 11) is 0. The third-order valence-electron chi connectivity index (χ3n) is 3.64. The number of hydrogen-bond donors (Lipinski definition) is 2. The van der Waals surface area contributed by atoms with Gasteiger partial charge in [-0.1, -0.05) is 6.92 Å². The summed E-state index contributed by atoms with van der Waals surface area (Å²) in [5.41, 5.74) is 0.646. The molecule has 6 heteroatoms. The van der Waals surface area contributed by atoms with E-state index in [0.29, 0.717) is 18.7 Å². The number of halogens is 1. The molecule has 2 N–H and O–H groups in total. The first-order chi connectivity index (χ1) is 10.0. The number of nitrogens with one attached hydrogen (secondary N) is 2. The SMILES string of the molecule is CC[C@@H](C)NC(=O)N[C@@H]1CCN(c2ccc(F)cc2)C1=O. The first-order valence-electron chi connectivity index (χ1n) is 7.15. The molecular formula is C15H20FN3O2. The first kappa shape index (κ1) is 15.3. The molecule has 114 valence electrons. The van der Waals surface area contributed by atoms with Gasteiger partial charge in [0.2, 0.25) is 5.91 Å². The molecule has 5 nitrogen and oxygen atoms in total. The standard InChI is InChI=1S/C15H20FN3O2/c1-3-10(2)17-15(21)18-13-8-9-19(14(13)20)12-6-4-11(16)5-7-12/h4-7,10,13H,3,8-9H2,1-2H3,(H2,17,18,21)/t10-,13-/m1/s1. The Hall–Kier alpha value is -2.11. The fraction of sp³-hybridized carbons (Fsp3) is 0.467. The Morgan fingerprint density at radius 3 is 2.71 bits per heavy atom. The predicted octanol–water partition coefficient (Wildman–Crippen LogP) is 2.03. The van der Waals surface area contributed by atoms with E-state index in [-0.39, 0.29) is 23.8 Å². The highest BCUT2D eigenvalue weighted by molar-refractivity contribution is 6.01.